The number of allylic oxidation sites excluding steroid dienone is 1. The predicted octanol–water partition coefficient (Wildman–Crippen LogP) is 5.90. The SMILES string of the molecule is CCOc1ccc([C@@H]2C(C(=O)Nc3ccccc3)=C(C)Nc3nc(SCc4ccccc4)nn32)cc1. The van der Waals surface area contributed by atoms with Gasteiger partial charge in [-0.2, -0.15) is 4.98 Å². The molecule has 36 heavy (non-hydrogen) atoms. The molecule has 1 aliphatic rings. The molecule has 1 aromatic heterocycles. The molecule has 3 aromatic carbocycles. The molecule has 1 amide bonds. The number of anilines is 2. The van der Waals surface area contributed by atoms with Crippen LogP contribution in [0, 0.1) is 0 Å². The Labute approximate surface area is 214 Å². The monoisotopic (exact) mass is 497 g/mol. The average Bonchev–Trinajstić information content (AvgIpc) is 3.31. The summed E-state index contributed by atoms with van der Waals surface area (Å²) in [4.78, 5) is 18.3. The third-order valence-electron chi connectivity index (χ3n) is 5.83. The molecular formula is C28H27N5O2S. The molecule has 1 aliphatic heterocycles. The van der Waals surface area contributed by atoms with Crippen LogP contribution in [0.5, 0.6) is 5.75 Å². The fraction of sp³-hybridized carbons (Fsp3) is 0.179. The largest absolute Gasteiger partial charge is 0.494 e. The molecule has 1 atom stereocenters. The second-order valence-electron chi connectivity index (χ2n) is 8.33. The van der Waals surface area contributed by atoms with E-state index in [1.165, 1.54) is 5.56 Å². The van der Waals surface area contributed by atoms with Gasteiger partial charge in [-0.3, -0.25) is 4.79 Å². The number of carbonyl (C=O) groups is 1. The molecular weight excluding hydrogens is 470 g/mol. The van der Waals surface area contributed by atoms with E-state index in [1.807, 2.05) is 86.6 Å². The molecule has 2 N–H and O–H groups in total. The summed E-state index contributed by atoms with van der Waals surface area (Å²) in [7, 11) is 0. The van der Waals surface area contributed by atoms with Crippen molar-refractivity contribution in [2.75, 3.05) is 17.2 Å². The van der Waals surface area contributed by atoms with E-state index in [9.17, 15) is 4.79 Å². The molecule has 0 spiro atoms. The van der Waals surface area contributed by atoms with Crippen molar-refractivity contribution in [1.29, 1.82) is 0 Å². The quantitative estimate of drug-likeness (QED) is 0.295. The molecule has 2 heterocycles. The lowest BCUT2D eigenvalue weighted by atomic mass is 9.95. The summed E-state index contributed by atoms with van der Waals surface area (Å²) in [5.74, 6) is 1.96. The molecule has 7 nitrogen and oxygen atoms in total. The first-order valence-corrected chi connectivity index (χ1v) is 12.8. The summed E-state index contributed by atoms with van der Waals surface area (Å²) < 4.78 is 7.43. The fourth-order valence-electron chi connectivity index (χ4n) is 4.15. The van der Waals surface area contributed by atoms with Crippen LogP contribution in [-0.2, 0) is 10.5 Å². The third-order valence-corrected chi connectivity index (χ3v) is 6.74. The van der Waals surface area contributed by atoms with E-state index in [1.54, 1.807) is 16.4 Å². The van der Waals surface area contributed by atoms with Crippen LogP contribution in [0.25, 0.3) is 0 Å². The zero-order chi connectivity index (χ0) is 24.9. The van der Waals surface area contributed by atoms with Crippen molar-refractivity contribution < 1.29 is 9.53 Å². The maximum absolute atomic E-state index is 13.6. The van der Waals surface area contributed by atoms with Gasteiger partial charge in [0.25, 0.3) is 5.91 Å². The van der Waals surface area contributed by atoms with E-state index in [-0.39, 0.29) is 5.91 Å². The van der Waals surface area contributed by atoms with Crippen molar-refractivity contribution in [3.05, 3.63) is 107 Å². The highest BCUT2D eigenvalue weighted by molar-refractivity contribution is 7.98. The zero-order valence-corrected chi connectivity index (χ0v) is 21.0. The first kappa shape index (κ1) is 23.7. The molecule has 182 valence electrons. The molecule has 8 heteroatoms. The number of para-hydroxylation sites is 1. The van der Waals surface area contributed by atoms with Crippen molar-refractivity contribution in [2.24, 2.45) is 0 Å². The predicted molar refractivity (Wildman–Crippen MR) is 143 cm³/mol. The Morgan fingerprint density at radius 2 is 1.72 bits per heavy atom. The fourth-order valence-corrected chi connectivity index (χ4v) is 4.93. The second kappa shape index (κ2) is 10.7. The highest BCUT2D eigenvalue weighted by Gasteiger charge is 2.34. The highest BCUT2D eigenvalue weighted by Crippen LogP contribution is 2.37. The van der Waals surface area contributed by atoms with E-state index in [2.05, 4.69) is 22.8 Å². The second-order valence-corrected chi connectivity index (χ2v) is 9.27. The summed E-state index contributed by atoms with van der Waals surface area (Å²) in [5, 5.41) is 11.8. The van der Waals surface area contributed by atoms with Gasteiger partial charge >= 0.3 is 0 Å². The Bertz CT molecular complexity index is 1370. The minimum absolute atomic E-state index is 0.190. The summed E-state index contributed by atoms with van der Waals surface area (Å²) >= 11 is 1.56. The number of carbonyl (C=O) groups excluding carboxylic acids is 1. The van der Waals surface area contributed by atoms with Gasteiger partial charge in [-0.25, -0.2) is 4.68 Å². The van der Waals surface area contributed by atoms with Gasteiger partial charge in [0.05, 0.1) is 12.2 Å². The van der Waals surface area contributed by atoms with Crippen molar-refractivity contribution in [3.8, 4) is 5.75 Å². The van der Waals surface area contributed by atoms with Gasteiger partial charge in [-0.05, 0) is 49.2 Å². The minimum Gasteiger partial charge on any atom is -0.494 e. The number of aromatic nitrogens is 3. The molecule has 5 rings (SSSR count). The molecule has 0 aliphatic carbocycles. The smallest absolute Gasteiger partial charge is 0.255 e. The Hall–Kier alpha value is -4.04. The zero-order valence-electron chi connectivity index (χ0n) is 20.1. The maximum Gasteiger partial charge on any atom is 0.255 e. The van der Waals surface area contributed by atoms with Gasteiger partial charge in [-0.1, -0.05) is 72.4 Å². The van der Waals surface area contributed by atoms with E-state index in [0.29, 0.717) is 23.3 Å². The number of amides is 1. The number of hydrogen-bond acceptors (Lipinski definition) is 6. The number of nitrogens with one attached hydrogen (secondary N) is 2. The van der Waals surface area contributed by atoms with Crippen LogP contribution in [0.1, 0.15) is 31.0 Å². The molecule has 0 radical (unpaired) electrons. The third kappa shape index (κ3) is 5.13. The maximum atomic E-state index is 13.6. The first-order chi connectivity index (χ1) is 17.6. The Kier molecular flexibility index (Phi) is 7.04. The van der Waals surface area contributed by atoms with Gasteiger partial charge in [0.15, 0.2) is 0 Å². The molecule has 0 saturated carbocycles. The number of rotatable bonds is 8. The summed E-state index contributed by atoms with van der Waals surface area (Å²) in [6.45, 7) is 4.44. The van der Waals surface area contributed by atoms with Gasteiger partial charge in [-0.15, -0.1) is 5.10 Å². The molecule has 4 aromatic rings. The van der Waals surface area contributed by atoms with E-state index in [4.69, 9.17) is 14.8 Å². The Balaban J connectivity index is 1.49. The Morgan fingerprint density at radius 1 is 1.03 bits per heavy atom. The number of ether oxygens (including phenoxy) is 1. The van der Waals surface area contributed by atoms with Gasteiger partial charge in [0.1, 0.15) is 11.8 Å². The average molecular weight is 498 g/mol. The first-order valence-electron chi connectivity index (χ1n) is 11.8. The van der Waals surface area contributed by atoms with Crippen LogP contribution in [-0.4, -0.2) is 27.3 Å². The van der Waals surface area contributed by atoms with E-state index >= 15 is 0 Å². The van der Waals surface area contributed by atoms with Crippen LogP contribution in [0.2, 0.25) is 0 Å². The normalized spacial score (nSPS) is 14.7. The number of fused-ring (bicyclic) bond motifs is 1. The Morgan fingerprint density at radius 3 is 2.42 bits per heavy atom. The van der Waals surface area contributed by atoms with Gasteiger partial charge in [0, 0.05) is 17.1 Å². The topological polar surface area (TPSA) is 81.1 Å². The van der Waals surface area contributed by atoms with Crippen molar-refractivity contribution in [3.63, 3.8) is 0 Å². The summed E-state index contributed by atoms with van der Waals surface area (Å²) in [6.07, 6.45) is 0. The lowest BCUT2D eigenvalue weighted by molar-refractivity contribution is -0.113. The number of hydrogen-bond donors (Lipinski definition) is 2. The molecule has 0 unspecified atom stereocenters. The lowest BCUT2D eigenvalue weighted by Gasteiger charge is -2.28. The summed E-state index contributed by atoms with van der Waals surface area (Å²) in [6, 6.07) is 27.0. The minimum atomic E-state index is -0.445. The van der Waals surface area contributed by atoms with E-state index in [0.717, 1.165) is 28.5 Å². The summed E-state index contributed by atoms with van der Waals surface area (Å²) in [5.41, 5.74) is 4.17. The lowest BCUT2D eigenvalue weighted by Crippen LogP contribution is -2.31. The molecule has 0 saturated heterocycles. The van der Waals surface area contributed by atoms with Crippen molar-refractivity contribution in [1.82, 2.24) is 14.8 Å². The standard InChI is InChI=1S/C28H27N5O2S/c1-3-35-23-16-14-21(15-17-23)25-24(26(34)30-22-12-8-5-9-13-22)19(2)29-27-31-28(32-33(25)27)36-18-20-10-6-4-7-11-20/h4-17,25H,3,18H2,1-2H3,(H,30,34)(H,29,31,32)/t25-/m1/s1. The number of benzene rings is 3. The van der Waals surface area contributed by atoms with E-state index < -0.39 is 6.04 Å². The molecule has 0 fully saturated rings. The van der Waals surface area contributed by atoms with Crippen LogP contribution in [0.3, 0.4) is 0 Å². The number of nitrogens with zero attached hydrogens (tertiary/aromatic N) is 3. The van der Waals surface area contributed by atoms with Crippen LogP contribution < -0.4 is 15.4 Å². The van der Waals surface area contributed by atoms with Crippen LogP contribution in [0.4, 0.5) is 11.6 Å². The van der Waals surface area contributed by atoms with Gasteiger partial charge in [0.2, 0.25) is 11.1 Å². The van der Waals surface area contributed by atoms with Crippen LogP contribution >= 0.6 is 11.8 Å². The van der Waals surface area contributed by atoms with Gasteiger partial charge < -0.3 is 15.4 Å². The highest BCUT2D eigenvalue weighted by atomic mass is 32.2. The van der Waals surface area contributed by atoms with Crippen molar-refractivity contribution in [2.45, 2.75) is 30.8 Å². The van der Waals surface area contributed by atoms with Crippen molar-refractivity contribution >= 4 is 29.3 Å². The number of thioether (sulfide) groups is 1. The molecule has 0 bridgehead atoms. The van der Waals surface area contributed by atoms with Crippen LogP contribution in [0.15, 0.2) is 101 Å².